The van der Waals surface area contributed by atoms with Crippen molar-refractivity contribution in [3.8, 4) is 5.75 Å². The van der Waals surface area contributed by atoms with E-state index in [1.165, 1.54) is 25.9 Å². The molecule has 0 amide bonds. The van der Waals surface area contributed by atoms with Crippen molar-refractivity contribution >= 4 is 5.78 Å². The molecule has 0 radical (unpaired) electrons. The number of carbonyl (C=O) groups is 1. The highest BCUT2D eigenvalue weighted by atomic mass is 16.5. The van der Waals surface area contributed by atoms with Crippen molar-refractivity contribution in [3.63, 3.8) is 0 Å². The van der Waals surface area contributed by atoms with E-state index in [0.29, 0.717) is 6.61 Å². The molecular weight excluding hydrogens is 238 g/mol. The molecule has 0 saturated carbocycles. The van der Waals surface area contributed by atoms with Crippen molar-refractivity contribution < 1.29 is 9.53 Å². The van der Waals surface area contributed by atoms with Gasteiger partial charge in [0.2, 0.25) is 0 Å². The molecule has 3 nitrogen and oxygen atoms in total. The van der Waals surface area contributed by atoms with Crippen LogP contribution in [0.5, 0.6) is 5.75 Å². The SMILES string of the molecule is CC(=O)c1ccc(OCCN2CCC[C@@H](C)C2)cc1. The van der Waals surface area contributed by atoms with Crippen molar-refractivity contribution in [3.05, 3.63) is 29.8 Å². The fourth-order valence-corrected chi connectivity index (χ4v) is 2.57. The number of Topliss-reactive ketones (excluding diaryl/α,β-unsaturated/α-hetero) is 1. The molecule has 1 aromatic carbocycles. The average Bonchev–Trinajstić information content (AvgIpc) is 2.39. The molecule has 0 unspecified atom stereocenters. The number of hydrogen-bond acceptors (Lipinski definition) is 3. The molecule has 3 heteroatoms. The Balaban J connectivity index is 1.74. The first-order chi connectivity index (χ1) is 9.15. The molecule has 1 atom stereocenters. The highest BCUT2D eigenvalue weighted by Gasteiger charge is 2.15. The molecule has 0 spiro atoms. The predicted octanol–water partition coefficient (Wildman–Crippen LogP) is 3.00. The minimum absolute atomic E-state index is 0.0915. The fraction of sp³-hybridized carbons (Fsp3) is 0.562. The molecule has 0 aliphatic carbocycles. The molecule has 1 aromatic rings. The van der Waals surface area contributed by atoms with Crippen molar-refractivity contribution in [2.24, 2.45) is 5.92 Å². The number of ketones is 1. The fourth-order valence-electron chi connectivity index (χ4n) is 2.57. The van der Waals surface area contributed by atoms with Gasteiger partial charge in [-0.25, -0.2) is 0 Å². The molecule has 1 aliphatic heterocycles. The molecule has 1 heterocycles. The molecule has 0 bridgehead atoms. The van der Waals surface area contributed by atoms with Crippen LogP contribution in [0.3, 0.4) is 0 Å². The quantitative estimate of drug-likeness (QED) is 0.763. The topological polar surface area (TPSA) is 29.5 Å². The Hall–Kier alpha value is -1.35. The van der Waals surface area contributed by atoms with Crippen LogP contribution in [0.2, 0.25) is 0 Å². The maximum absolute atomic E-state index is 11.2. The lowest BCUT2D eigenvalue weighted by molar-refractivity contribution is 0.101. The van der Waals surface area contributed by atoms with Gasteiger partial charge in [0.05, 0.1) is 0 Å². The summed E-state index contributed by atoms with van der Waals surface area (Å²) < 4.78 is 5.73. The van der Waals surface area contributed by atoms with E-state index in [2.05, 4.69) is 11.8 Å². The highest BCUT2D eigenvalue weighted by molar-refractivity contribution is 5.94. The number of hydrogen-bond donors (Lipinski definition) is 0. The average molecular weight is 261 g/mol. The van der Waals surface area contributed by atoms with Crippen LogP contribution in [-0.4, -0.2) is 36.9 Å². The standard InChI is InChI=1S/C16H23NO2/c1-13-4-3-9-17(12-13)10-11-19-16-7-5-15(6-8-16)14(2)18/h5-8,13H,3-4,9-12H2,1-2H3/t13-/m1/s1. The van der Waals surface area contributed by atoms with E-state index in [-0.39, 0.29) is 5.78 Å². The van der Waals surface area contributed by atoms with Gasteiger partial charge in [0.25, 0.3) is 0 Å². The summed E-state index contributed by atoms with van der Waals surface area (Å²) >= 11 is 0. The molecule has 19 heavy (non-hydrogen) atoms. The second-order valence-corrected chi connectivity index (χ2v) is 5.48. The Morgan fingerprint density at radius 1 is 1.37 bits per heavy atom. The van der Waals surface area contributed by atoms with Gasteiger partial charge in [-0.2, -0.15) is 0 Å². The summed E-state index contributed by atoms with van der Waals surface area (Å²) in [6.07, 6.45) is 2.65. The van der Waals surface area contributed by atoms with Crippen molar-refractivity contribution in [2.45, 2.75) is 26.7 Å². The highest BCUT2D eigenvalue weighted by Crippen LogP contribution is 2.16. The Kier molecular flexibility index (Phi) is 4.97. The van der Waals surface area contributed by atoms with Crippen LogP contribution in [0, 0.1) is 5.92 Å². The molecule has 2 rings (SSSR count). The maximum atomic E-state index is 11.2. The van der Waals surface area contributed by atoms with E-state index in [0.717, 1.165) is 23.8 Å². The Bertz CT molecular complexity index is 413. The zero-order valence-corrected chi connectivity index (χ0v) is 11.9. The number of benzene rings is 1. The van der Waals surface area contributed by atoms with Gasteiger partial charge in [-0.3, -0.25) is 9.69 Å². The van der Waals surface area contributed by atoms with Crippen LogP contribution in [0.1, 0.15) is 37.0 Å². The first kappa shape index (κ1) is 14.1. The van der Waals surface area contributed by atoms with Crippen LogP contribution < -0.4 is 4.74 Å². The smallest absolute Gasteiger partial charge is 0.159 e. The summed E-state index contributed by atoms with van der Waals surface area (Å²) in [6, 6.07) is 7.38. The van der Waals surface area contributed by atoms with Crippen LogP contribution >= 0.6 is 0 Å². The monoisotopic (exact) mass is 261 g/mol. The molecular formula is C16H23NO2. The first-order valence-corrected chi connectivity index (χ1v) is 7.11. The van der Waals surface area contributed by atoms with Gasteiger partial charge in [0.15, 0.2) is 5.78 Å². The van der Waals surface area contributed by atoms with E-state index in [4.69, 9.17) is 4.74 Å². The number of carbonyl (C=O) groups excluding carboxylic acids is 1. The van der Waals surface area contributed by atoms with Gasteiger partial charge in [0.1, 0.15) is 12.4 Å². The Morgan fingerprint density at radius 2 is 2.11 bits per heavy atom. The van der Waals surface area contributed by atoms with E-state index in [1.54, 1.807) is 6.92 Å². The third-order valence-corrected chi connectivity index (χ3v) is 3.68. The molecule has 0 aromatic heterocycles. The van der Waals surface area contributed by atoms with Crippen LogP contribution in [0.15, 0.2) is 24.3 Å². The minimum Gasteiger partial charge on any atom is -0.492 e. The van der Waals surface area contributed by atoms with Crippen molar-refractivity contribution in [2.75, 3.05) is 26.2 Å². The number of likely N-dealkylation sites (tertiary alicyclic amines) is 1. The molecule has 1 saturated heterocycles. The number of ether oxygens (including phenoxy) is 1. The first-order valence-electron chi connectivity index (χ1n) is 7.11. The van der Waals surface area contributed by atoms with Gasteiger partial charge in [0, 0.05) is 18.7 Å². The lowest BCUT2D eigenvalue weighted by Crippen LogP contribution is -2.37. The molecule has 1 aliphatic rings. The number of piperidine rings is 1. The third-order valence-electron chi connectivity index (χ3n) is 3.68. The Morgan fingerprint density at radius 3 is 2.74 bits per heavy atom. The molecule has 0 N–H and O–H groups in total. The number of nitrogens with zero attached hydrogens (tertiary/aromatic N) is 1. The van der Waals surface area contributed by atoms with Crippen molar-refractivity contribution in [1.82, 2.24) is 4.90 Å². The second kappa shape index (κ2) is 6.71. The summed E-state index contributed by atoms with van der Waals surface area (Å²) in [5.41, 5.74) is 0.734. The molecule has 1 fully saturated rings. The van der Waals surface area contributed by atoms with E-state index < -0.39 is 0 Å². The summed E-state index contributed by atoms with van der Waals surface area (Å²) in [5.74, 6) is 1.74. The summed E-state index contributed by atoms with van der Waals surface area (Å²) in [4.78, 5) is 13.6. The summed E-state index contributed by atoms with van der Waals surface area (Å²) in [5, 5.41) is 0. The third kappa shape index (κ3) is 4.35. The zero-order valence-electron chi connectivity index (χ0n) is 11.9. The number of rotatable bonds is 5. The lowest BCUT2D eigenvalue weighted by Gasteiger charge is -2.30. The van der Waals surface area contributed by atoms with E-state index in [1.807, 2.05) is 24.3 Å². The minimum atomic E-state index is 0.0915. The van der Waals surface area contributed by atoms with Crippen LogP contribution in [0.25, 0.3) is 0 Å². The summed E-state index contributed by atoms with van der Waals surface area (Å²) in [6.45, 7) is 7.97. The second-order valence-electron chi connectivity index (χ2n) is 5.48. The largest absolute Gasteiger partial charge is 0.492 e. The van der Waals surface area contributed by atoms with E-state index >= 15 is 0 Å². The predicted molar refractivity (Wildman–Crippen MR) is 76.8 cm³/mol. The van der Waals surface area contributed by atoms with Crippen LogP contribution in [0.4, 0.5) is 0 Å². The van der Waals surface area contributed by atoms with Gasteiger partial charge in [-0.1, -0.05) is 6.92 Å². The normalized spacial score (nSPS) is 20.2. The maximum Gasteiger partial charge on any atom is 0.159 e. The summed E-state index contributed by atoms with van der Waals surface area (Å²) in [7, 11) is 0. The van der Waals surface area contributed by atoms with Crippen LogP contribution in [-0.2, 0) is 0 Å². The van der Waals surface area contributed by atoms with E-state index in [9.17, 15) is 4.79 Å². The van der Waals surface area contributed by atoms with Crippen molar-refractivity contribution in [1.29, 1.82) is 0 Å². The zero-order chi connectivity index (χ0) is 13.7. The van der Waals surface area contributed by atoms with Gasteiger partial charge >= 0.3 is 0 Å². The van der Waals surface area contributed by atoms with Gasteiger partial charge in [-0.05, 0) is 56.5 Å². The molecule has 104 valence electrons. The lowest BCUT2D eigenvalue weighted by atomic mass is 10.0. The van der Waals surface area contributed by atoms with Gasteiger partial charge < -0.3 is 4.74 Å². The van der Waals surface area contributed by atoms with Gasteiger partial charge in [-0.15, -0.1) is 0 Å². The Labute approximate surface area is 115 Å².